The first-order valence-electron chi connectivity index (χ1n) is 6.52. The van der Waals surface area contributed by atoms with Crippen molar-refractivity contribution in [3.05, 3.63) is 35.9 Å². The molecular formula is C14H19N3O2. The zero-order valence-electron chi connectivity index (χ0n) is 11.3. The molecule has 0 amide bonds. The maximum atomic E-state index is 5.52. The molecule has 0 unspecified atom stereocenters. The topological polar surface area (TPSA) is 60.2 Å². The highest BCUT2D eigenvalue weighted by Crippen LogP contribution is 2.12. The second kappa shape index (κ2) is 6.78. The lowest BCUT2D eigenvalue weighted by molar-refractivity contribution is 0.305. The molecule has 19 heavy (non-hydrogen) atoms. The Kier molecular flexibility index (Phi) is 4.78. The van der Waals surface area contributed by atoms with Crippen molar-refractivity contribution in [2.45, 2.75) is 26.7 Å². The monoisotopic (exact) mass is 261 g/mol. The Labute approximate surface area is 113 Å². The molecule has 2 heterocycles. The van der Waals surface area contributed by atoms with Crippen LogP contribution in [0, 0.1) is 6.92 Å². The smallest absolute Gasteiger partial charge is 0.226 e. The molecule has 0 bridgehead atoms. The number of aromatic nitrogens is 2. The number of furan rings is 1. The second-order valence-electron chi connectivity index (χ2n) is 4.28. The van der Waals surface area contributed by atoms with Crippen LogP contribution in [0.5, 0.6) is 5.88 Å². The molecule has 0 saturated heterocycles. The molecule has 0 atom stereocenters. The van der Waals surface area contributed by atoms with Crippen LogP contribution in [0.4, 0.5) is 5.95 Å². The van der Waals surface area contributed by atoms with Crippen LogP contribution in [0.2, 0.25) is 0 Å². The lowest BCUT2D eigenvalue weighted by Gasteiger charge is -2.08. The molecule has 2 aromatic rings. The van der Waals surface area contributed by atoms with Gasteiger partial charge in [-0.1, -0.05) is 6.92 Å². The fraction of sp³-hybridized carbons (Fsp3) is 0.429. The van der Waals surface area contributed by atoms with E-state index in [1.165, 1.54) is 0 Å². The van der Waals surface area contributed by atoms with Gasteiger partial charge in [-0.05, 0) is 25.5 Å². The average Bonchev–Trinajstić information content (AvgIpc) is 2.89. The number of nitrogens with one attached hydrogen (secondary N) is 1. The van der Waals surface area contributed by atoms with Crippen molar-refractivity contribution in [1.29, 1.82) is 0 Å². The summed E-state index contributed by atoms with van der Waals surface area (Å²) in [5.41, 5.74) is 0.890. The third-order valence-corrected chi connectivity index (χ3v) is 2.52. The molecule has 0 aromatic carbocycles. The first kappa shape index (κ1) is 13.4. The van der Waals surface area contributed by atoms with Gasteiger partial charge >= 0.3 is 0 Å². The molecule has 0 radical (unpaired) electrons. The van der Waals surface area contributed by atoms with Crippen LogP contribution in [0.25, 0.3) is 0 Å². The normalized spacial score (nSPS) is 10.4. The minimum absolute atomic E-state index is 0.595. The highest BCUT2D eigenvalue weighted by molar-refractivity contribution is 5.30. The Morgan fingerprint density at radius 2 is 2.26 bits per heavy atom. The van der Waals surface area contributed by atoms with Crippen molar-refractivity contribution in [2.75, 3.05) is 18.5 Å². The lowest BCUT2D eigenvalue weighted by Crippen LogP contribution is -2.09. The largest absolute Gasteiger partial charge is 0.478 e. The van der Waals surface area contributed by atoms with E-state index in [0.717, 1.165) is 30.8 Å². The minimum Gasteiger partial charge on any atom is -0.478 e. The van der Waals surface area contributed by atoms with Gasteiger partial charge in [0.05, 0.1) is 12.9 Å². The highest BCUT2D eigenvalue weighted by Gasteiger charge is 2.03. The quantitative estimate of drug-likeness (QED) is 0.830. The number of hydrogen-bond donors (Lipinski definition) is 1. The first-order chi connectivity index (χ1) is 9.28. The molecule has 2 aromatic heterocycles. The van der Waals surface area contributed by atoms with Gasteiger partial charge in [0.1, 0.15) is 5.76 Å². The number of nitrogens with zero attached hydrogens (tertiary/aromatic N) is 2. The fourth-order valence-corrected chi connectivity index (χ4v) is 1.65. The van der Waals surface area contributed by atoms with Gasteiger partial charge in [0.2, 0.25) is 11.8 Å². The average molecular weight is 261 g/mol. The van der Waals surface area contributed by atoms with Crippen LogP contribution in [0.3, 0.4) is 0 Å². The van der Waals surface area contributed by atoms with Gasteiger partial charge in [-0.3, -0.25) is 0 Å². The summed E-state index contributed by atoms with van der Waals surface area (Å²) in [6.45, 7) is 5.39. The molecule has 0 aliphatic rings. The third-order valence-electron chi connectivity index (χ3n) is 2.52. The van der Waals surface area contributed by atoms with Crippen molar-refractivity contribution >= 4 is 5.95 Å². The van der Waals surface area contributed by atoms with Crippen molar-refractivity contribution < 1.29 is 9.15 Å². The Morgan fingerprint density at radius 3 is 3.00 bits per heavy atom. The molecular weight excluding hydrogens is 242 g/mol. The first-order valence-corrected chi connectivity index (χ1v) is 6.52. The van der Waals surface area contributed by atoms with Crippen LogP contribution >= 0.6 is 0 Å². The van der Waals surface area contributed by atoms with Gasteiger partial charge in [-0.15, -0.1) is 0 Å². The Morgan fingerprint density at radius 1 is 1.37 bits per heavy atom. The second-order valence-corrected chi connectivity index (χ2v) is 4.28. The summed E-state index contributed by atoms with van der Waals surface area (Å²) in [5, 5.41) is 3.18. The van der Waals surface area contributed by atoms with Crippen molar-refractivity contribution in [2.24, 2.45) is 0 Å². The predicted octanol–water partition coefficient (Wildman–Crippen LogP) is 2.82. The van der Waals surface area contributed by atoms with Crippen LogP contribution in [-0.4, -0.2) is 23.1 Å². The van der Waals surface area contributed by atoms with Gasteiger partial charge in [0.15, 0.2) is 0 Å². The zero-order valence-corrected chi connectivity index (χ0v) is 11.3. The summed E-state index contributed by atoms with van der Waals surface area (Å²) in [7, 11) is 0. The number of aryl methyl sites for hydroxylation is 1. The molecule has 5 nitrogen and oxygen atoms in total. The summed E-state index contributed by atoms with van der Waals surface area (Å²) >= 11 is 0. The Hall–Kier alpha value is -2.04. The van der Waals surface area contributed by atoms with Gasteiger partial charge in [0, 0.05) is 24.7 Å². The van der Waals surface area contributed by atoms with E-state index >= 15 is 0 Å². The molecule has 0 saturated carbocycles. The van der Waals surface area contributed by atoms with E-state index in [4.69, 9.17) is 9.15 Å². The van der Waals surface area contributed by atoms with Gasteiger partial charge < -0.3 is 14.5 Å². The van der Waals surface area contributed by atoms with E-state index in [0.29, 0.717) is 18.4 Å². The van der Waals surface area contributed by atoms with Crippen molar-refractivity contribution in [1.82, 2.24) is 9.97 Å². The van der Waals surface area contributed by atoms with Gasteiger partial charge in [-0.25, -0.2) is 4.98 Å². The van der Waals surface area contributed by atoms with Crippen LogP contribution in [0.1, 0.15) is 24.8 Å². The summed E-state index contributed by atoms with van der Waals surface area (Å²) in [6, 6.07) is 5.68. The molecule has 0 fully saturated rings. The summed E-state index contributed by atoms with van der Waals surface area (Å²) in [6.07, 6.45) is 3.44. The molecule has 0 aliphatic carbocycles. The number of hydrogen-bond acceptors (Lipinski definition) is 5. The predicted molar refractivity (Wildman–Crippen MR) is 73.5 cm³/mol. The Bertz CT molecular complexity index is 497. The van der Waals surface area contributed by atoms with E-state index in [1.54, 1.807) is 6.26 Å². The SMILES string of the molecule is CCCOc1cc(C)nc(NCCc2ccco2)n1. The van der Waals surface area contributed by atoms with Crippen LogP contribution < -0.4 is 10.1 Å². The van der Waals surface area contributed by atoms with Crippen LogP contribution in [0.15, 0.2) is 28.9 Å². The number of rotatable bonds is 7. The van der Waals surface area contributed by atoms with Crippen molar-refractivity contribution in [3.8, 4) is 5.88 Å². The van der Waals surface area contributed by atoms with Gasteiger partial charge in [-0.2, -0.15) is 4.98 Å². The maximum absolute atomic E-state index is 5.52. The summed E-state index contributed by atoms with van der Waals surface area (Å²) < 4.78 is 10.8. The third kappa shape index (κ3) is 4.28. The molecule has 0 spiro atoms. The van der Waals surface area contributed by atoms with Crippen LogP contribution in [-0.2, 0) is 6.42 Å². The molecule has 0 aliphatic heterocycles. The fourth-order valence-electron chi connectivity index (χ4n) is 1.65. The standard InChI is InChI=1S/C14H19N3O2/c1-3-8-19-13-10-11(2)16-14(17-13)15-7-6-12-5-4-9-18-12/h4-5,9-10H,3,6-8H2,1-2H3,(H,15,16,17). The van der Waals surface area contributed by atoms with E-state index in [9.17, 15) is 0 Å². The summed E-state index contributed by atoms with van der Waals surface area (Å²) in [4.78, 5) is 8.64. The van der Waals surface area contributed by atoms with Gasteiger partial charge in [0.25, 0.3) is 0 Å². The van der Waals surface area contributed by atoms with E-state index in [2.05, 4.69) is 22.2 Å². The minimum atomic E-state index is 0.595. The molecule has 1 N–H and O–H groups in total. The van der Waals surface area contributed by atoms with E-state index < -0.39 is 0 Å². The summed E-state index contributed by atoms with van der Waals surface area (Å²) in [5.74, 6) is 2.16. The van der Waals surface area contributed by atoms with E-state index in [-0.39, 0.29) is 0 Å². The molecule has 5 heteroatoms. The number of ether oxygens (including phenoxy) is 1. The van der Waals surface area contributed by atoms with E-state index in [1.807, 2.05) is 25.1 Å². The highest BCUT2D eigenvalue weighted by atomic mass is 16.5. The molecule has 102 valence electrons. The molecule has 2 rings (SSSR count). The lowest BCUT2D eigenvalue weighted by atomic mass is 10.3. The maximum Gasteiger partial charge on any atom is 0.226 e. The zero-order chi connectivity index (χ0) is 13.5. The number of anilines is 1. The van der Waals surface area contributed by atoms with Crippen molar-refractivity contribution in [3.63, 3.8) is 0 Å². The Balaban J connectivity index is 1.90.